The lowest BCUT2D eigenvalue weighted by Gasteiger charge is -2.10. The number of nitrogens with one attached hydrogen (secondary N) is 2. The lowest BCUT2D eigenvalue weighted by molar-refractivity contribution is 0.0901. The van der Waals surface area contributed by atoms with E-state index >= 15 is 0 Å². The molecular formula is C26H25Cl2N5O3. The highest BCUT2D eigenvalue weighted by Gasteiger charge is 2.18. The summed E-state index contributed by atoms with van der Waals surface area (Å²) >= 11 is 12.0. The van der Waals surface area contributed by atoms with Gasteiger partial charge in [0.25, 0.3) is 5.91 Å². The van der Waals surface area contributed by atoms with Gasteiger partial charge in [-0.15, -0.1) is 5.10 Å². The molecule has 0 aliphatic heterocycles. The lowest BCUT2D eigenvalue weighted by Crippen LogP contribution is -2.18. The van der Waals surface area contributed by atoms with Crippen LogP contribution in [0.25, 0.3) is 0 Å². The van der Waals surface area contributed by atoms with Gasteiger partial charge in [0.05, 0.1) is 20.6 Å². The summed E-state index contributed by atoms with van der Waals surface area (Å²) < 4.78 is 11.9. The maximum absolute atomic E-state index is 13.3. The summed E-state index contributed by atoms with van der Waals surface area (Å²) in [7, 11) is 3.12. The van der Waals surface area contributed by atoms with Crippen molar-refractivity contribution in [3.05, 3.63) is 93.5 Å². The van der Waals surface area contributed by atoms with Crippen LogP contribution in [0.4, 0.5) is 11.9 Å². The number of hydrogen-bond donors (Lipinski definition) is 2. The minimum absolute atomic E-state index is 0.0932. The van der Waals surface area contributed by atoms with Crippen LogP contribution in [0.2, 0.25) is 10.0 Å². The van der Waals surface area contributed by atoms with Gasteiger partial charge in [-0.3, -0.25) is 4.79 Å². The molecule has 0 unspecified atom stereocenters. The molecule has 0 aliphatic carbocycles. The number of nitrogens with zero attached hydrogens (tertiary/aromatic N) is 3. The second kappa shape index (κ2) is 11.8. The van der Waals surface area contributed by atoms with E-state index in [1.165, 1.54) is 4.68 Å². The molecule has 36 heavy (non-hydrogen) atoms. The van der Waals surface area contributed by atoms with Gasteiger partial charge in [-0.1, -0.05) is 53.5 Å². The average Bonchev–Trinajstić information content (AvgIpc) is 3.31. The topological polar surface area (TPSA) is 90.3 Å². The predicted octanol–water partition coefficient (Wildman–Crippen LogP) is 5.71. The van der Waals surface area contributed by atoms with Crippen LogP contribution >= 0.6 is 23.2 Å². The van der Waals surface area contributed by atoms with E-state index in [1.807, 2.05) is 54.6 Å². The molecule has 4 aromatic rings. The normalized spacial score (nSPS) is 10.7. The van der Waals surface area contributed by atoms with E-state index in [2.05, 4.69) is 20.7 Å². The summed E-state index contributed by atoms with van der Waals surface area (Å²) in [5.41, 5.74) is 2.74. The summed E-state index contributed by atoms with van der Waals surface area (Å²) in [6, 6.07) is 20.2. The molecule has 0 radical (unpaired) electrons. The molecule has 0 aliphatic rings. The predicted molar refractivity (Wildman–Crippen MR) is 141 cm³/mol. The number of anilines is 2. The lowest BCUT2D eigenvalue weighted by atomic mass is 10.1. The Morgan fingerprint density at radius 3 is 1.94 bits per heavy atom. The van der Waals surface area contributed by atoms with Crippen LogP contribution in [-0.4, -0.2) is 34.9 Å². The van der Waals surface area contributed by atoms with Crippen LogP contribution in [0.3, 0.4) is 0 Å². The summed E-state index contributed by atoms with van der Waals surface area (Å²) in [5, 5.41) is 12.1. The van der Waals surface area contributed by atoms with Crippen molar-refractivity contribution in [2.75, 3.05) is 24.9 Å². The van der Waals surface area contributed by atoms with Gasteiger partial charge < -0.3 is 20.1 Å². The third kappa shape index (κ3) is 6.47. The van der Waals surface area contributed by atoms with E-state index in [9.17, 15) is 4.79 Å². The molecule has 0 fully saturated rings. The maximum atomic E-state index is 13.3. The molecule has 1 heterocycles. The van der Waals surface area contributed by atoms with Crippen molar-refractivity contribution in [1.82, 2.24) is 14.8 Å². The van der Waals surface area contributed by atoms with E-state index in [1.54, 1.807) is 26.4 Å². The highest BCUT2D eigenvalue weighted by atomic mass is 35.5. The zero-order chi connectivity index (χ0) is 25.5. The Balaban J connectivity index is 1.54. The highest BCUT2D eigenvalue weighted by molar-refractivity contribution is 6.30. The molecule has 1 aromatic heterocycles. The van der Waals surface area contributed by atoms with Gasteiger partial charge in [-0.2, -0.15) is 9.67 Å². The number of methoxy groups -OCH3 is 2. The summed E-state index contributed by atoms with van der Waals surface area (Å²) in [5.74, 6) is 1.53. The van der Waals surface area contributed by atoms with E-state index in [0.29, 0.717) is 46.5 Å². The van der Waals surface area contributed by atoms with E-state index in [4.69, 9.17) is 32.7 Å². The van der Waals surface area contributed by atoms with Crippen LogP contribution in [0.1, 0.15) is 21.5 Å². The number of carbonyl (C=O) groups excluding carboxylic acids is 1. The van der Waals surface area contributed by atoms with Gasteiger partial charge in [0.2, 0.25) is 11.9 Å². The van der Waals surface area contributed by atoms with Crippen molar-refractivity contribution in [2.45, 2.75) is 19.5 Å². The van der Waals surface area contributed by atoms with Gasteiger partial charge in [-0.05, 0) is 53.1 Å². The third-order valence-electron chi connectivity index (χ3n) is 5.37. The summed E-state index contributed by atoms with van der Waals surface area (Å²) in [4.78, 5) is 17.8. The summed E-state index contributed by atoms with van der Waals surface area (Å²) in [6.45, 7) is 0.914. The van der Waals surface area contributed by atoms with Gasteiger partial charge in [0, 0.05) is 23.1 Å². The third-order valence-corrected chi connectivity index (χ3v) is 5.88. The van der Waals surface area contributed by atoms with Crippen LogP contribution in [0.5, 0.6) is 11.5 Å². The Hall–Kier alpha value is -3.75. The van der Waals surface area contributed by atoms with Crippen molar-refractivity contribution in [1.29, 1.82) is 0 Å². The standard InChI is InChI=1S/C26H25Cl2N5O3/c1-35-22-12-7-19(13-23(22)36-2)14-24(34)33-26(30-16-18-5-10-21(28)11-6-18)31-25(32-33)29-15-17-3-8-20(27)9-4-17/h3-13H,14-16H2,1-2H3,(H2,29,30,31,32). The Morgan fingerprint density at radius 1 is 0.806 bits per heavy atom. The number of ether oxygens (including phenoxy) is 2. The van der Waals surface area contributed by atoms with Gasteiger partial charge in [0.15, 0.2) is 11.5 Å². The molecule has 8 nitrogen and oxygen atoms in total. The Kier molecular flexibility index (Phi) is 8.30. The molecular weight excluding hydrogens is 501 g/mol. The van der Waals surface area contributed by atoms with Gasteiger partial charge in [-0.25, -0.2) is 0 Å². The molecule has 0 amide bonds. The molecule has 0 saturated carbocycles. The van der Waals surface area contributed by atoms with Crippen molar-refractivity contribution in [3.63, 3.8) is 0 Å². The zero-order valence-electron chi connectivity index (χ0n) is 19.8. The van der Waals surface area contributed by atoms with E-state index in [0.717, 1.165) is 16.7 Å². The quantitative estimate of drug-likeness (QED) is 0.274. The Bertz CT molecular complexity index is 1320. The first kappa shape index (κ1) is 25.3. The minimum atomic E-state index is -0.257. The zero-order valence-corrected chi connectivity index (χ0v) is 21.3. The van der Waals surface area contributed by atoms with Gasteiger partial charge >= 0.3 is 0 Å². The first-order chi connectivity index (χ1) is 17.4. The van der Waals surface area contributed by atoms with Crippen LogP contribution < -0.4 is 20.1 Å². The van der Waals surface area contributed by atoms with Crippen LogP contribution in [0.15, 0.2) is 66.7 Å². The second-order valence-corrected chi connectivity index (χ2v) is 8.76. The summed E-state index contributed by atoms with van der Waals surface area (Å²) in [6.07, 6.45) is 0.0932. The molecule has 0 spiro atoms. The average molecular weight is 526 g/mol. The number of aromatic nitrogens is 3. The monoisotopic (exact) mass is 525 g/mol. The van der Waals surface area contributed by atoms with Gasteiger partial charge in [0.1, 0.15) is 0 Å². The van der Waals surface area contributed by atoms with Crippen molar-refractivity contribution in [2.24, 2.45) is 0 Å². The van der Waals surface area contributed by atoms with Crippen molar-refractivity contribution >= 4 is 41.0 Å². The van der Waals surface area contributed by atoms with E-state index in [-0.39, 0.29) is 12.3 Å². The molecule has 0 saturated heterocycles. The number of rotatable bonds is 10. The second-order valence-electron chi connectivity index (χ2n) is 7.89. The van der Waals surface area contributed by atoms with Crippen LogP contribution in [-0.2, 0) is 19.5 Å². The molecule has 0 atom stereocenters. The van der Waals surface area contributed by atoms with Crippen molar-refractivity contribution < 1.29 is 14.3 Å². The van der Waals surface area contributed by atoms with Crippen LogP contribution in [0, 0.1) is 0 Å². The SMILES string of the molecule is COc1ccc(CC(=O)n2nc(NCc3ccc(Cl)cc3)nc2NCc2ccc(Cl)cc2)cc1OC. The molecule has 3 aromatic carbocycles. The fourth-order valence-corrected chi connectivity index (χ4v) is 3.73. The molecule has 2 N–H and O–H groups in total. The highest BCUT2D eigenvalue weighted by Crippen LogP contribution is 2.28. The number of hydrogen-bond acceptors (Lipinski definition) is 7. The molecule has 0 bridgehead atoms. The molecule has 186 valence electrons. The fraction of sp³-hybridized carbons (Fsp3) is 0.192. The number of benzene rings is 3. The maximum Gasteiger partial charge on any atom is 0.254 e. The minimum Gasteiger partial charge on any atom is -0.493 e. The first-order valence-corrected chi connectivity index (χ1v) is 11.9. The Labute approximate surface area is 219 Å². The molecule has 10 heteroatoms. The fourth-order valence-electron chi connectivity index (χ4n) is 3.48. The number of carbonyl (C=O) groups is 1. The van der Waals surface area contributed by atoms with E-state index < -0.39 is 0 Å². The van der Waals surface area contributed by atoms with Crippen molar-refractivity contribution in [3.8, 4) is 11.5 Å². The first-order valence-electron chi connectivity index (χ1n) is 11.1. The largest absolute Gasteiger partial charge is 0.493 e. The Morgan fingerprint density at radius 2 is 1.36 bits per heavy atom. The number of halogens is 2. The smallest absolute Gasteiger partial charge is 0.254 e. The molecule has 4 rings (SSSR count).